The van der Waals surface area contributed by atoms with Crippen molar-refractivity contribution in [3.8, 4) is 0 Å². The van der Waals surface area contributed by atoms with E-state index in [4.69, 9.17) is 0 Å². The Bertz CT molecular complexity index is 557. The number of hydrogen-bond acceptors (Lipinski definition) is 4. The van der Waals surface area contributed by atoms with Crippen LogP contribution in [0.1, 0.15) is 18.1 Å². The Balaban J connectivity index is 2.08. The van der Waals surface area contributed by atoms with Crippen LogP contribution in [0.3, 0.4) is 0 Å². The Kier molecular flexibility index (Phi) is 4.28. The molecule has 0 spiro atoms. The highest BCUT2D eigenvalue weighted by Gasteiger charge is 2.06. The molecule has 5 heteroatoms. The van der Waals surface area contributed by atoms with E-state index in [2.05, 4.69) is 26.7 Å². The summed E-state index contributed by atoms with van der Waals surface area (Å²) in [6.45, 7) is 5.19. The highest BCUT2D eigenvalue weighted by Crippen LogP contribution is 2.13. The fourth-order valence-corrected chi connectivity index (χ4v) is 1.74. The van der Waals surface area contributed by atoms with Gasteiger partial charge in [0.1, 0.15) is 0 Å². The molecule has 2 aromatic rings. The first-order chi connectivity index (χ1) is 9.19. The summed E-state index contributed by atoms with van der Waals surface area (Å²) in [4.78, 5) is 7.95. The molecule has 0 unspecified atom stereocenters. The van der Waals surface area contributed by atoms with Crippen LogP contribution in [-0.4, -0.2) is 16.5 Å². The number of aromatic nitrogens is 2. The average molecular weight is 260 g/mol. The van der Waals surface area contributed by atoms with Crippen LogP contribution in [0.4, 0.5) is 16.2 Å². The molecule has 0 amide bonds. The van der Waals surface area contributed by atoms with Gasteiger partial charge in [0.05, 0.1) is 6.20 Å². The number of benzene rings is 1. The molecule has 1 aromatic carbocycles. The average Bonchev–Trinajstić information content (AvgIpc) is 2.40. The second-order valence-electron chi connectivity index (χ2n) is 4.26. The van der Waals surface area contributed by atoms with Gasteiger partial charge in [-0.1, -0.05) is 29.8 Å². The van der Waals surface area contributed by atoms with Crippen molar-refractivity contribution in [3.05, 3.63) is 47.4 Å². The normalized spacial score (nSPS) is 10.3. The van der Waals surface area contributed by atoms with E-state index in [1.54, 1.807) is 0 Å². The van der Waals surface area contributed by atoms with Gasteiger partial charge in [0.15, 0.2) is 11.6 Å². The second kappa shape index (κ2) is 6.13. The Morgan fingerprint density at radius 1 is 1.26 bits per heavy atom. The largest absolute Gasteiger partial charge is 0.363 e. The van der Waals surface area contributed by atoms with Crippen LogP contribution in [0.25, 0.3) is 0 Å². The molecule has 2 rings (SSSR count). The zero-order valence-corrected chi connectivity index (χ0v) is 11.1. The van der Waals surface area contributed by atoms with Crippen LogP contribution in [0.5, 0.6) is 0 Å². The minimum absolute atomic E-state index is 0.215. The quantitative estimate of drug-likeness (QED) is 0.867. The first-order valence-corrected chi connectivity index (χ1v) is 6.25. The molecule has 0 aliphatic carbocycles. The topological polar surface area (TPSA) is 49.8 Å². The van der Waals surface area contributed by atoms with Crippen LogP contribution in [-0.2, 0) is 6.54 Å². The maximum atomic E-state index is 13.6. The molecule has 0 atom stereocenters. The van der Waals surface area contributed by atoms with Gasteiger partial charge in [0.25, 0.3) is 0 Å². The van der Waals surface area contributed by atoms with E-state index in [-0.39, 0.29) is 5.82 Å². The third-order valence-corrected chi connectivity index (χ3v) is 2.62. The molecule has 19 heavy (non-hydrogen) atoms. The highest BCUT2D eigenvalue weighted by atomic mass is 19.1. The van der Waals surface area contributed by atoms with Gasteiger partial charge in [-0.25, -0.2) is 9.37 Å². The zero-order chi connectivity index (χ0) is 13.7. The molecule has 100 valence electrons. The lowest BCUT2D eigenvalue weighted by molar-refractivity contribution is 0.617. The van der Waals surface area contributed by atoms with Crippen molar-refractivity contribution in [3.63, 3.8) is 0 Å². The number of rotatable bonds is 5. The van der Waals surface area contributed by atoms with Gasteiger partial charge < -0.3 is 10.6 Å². The van der Waals surface area contributed by atoms with Crippen molar-refractivity contribution in [2.75, 3.05) is 17.2 Å². The van der Waals surface area contributed by atoms with Gasteiger partial charge in [-0.2, -0.15) is 4.98 Å². The molecular formula is C14H17FN4. The van der Waals surface area contributed by atoms with Gasteiger partial charge in [0.2, 0.25) is 5.95 Å². The molecule has 4 nitrogen and oxygen atoms in total. The maximum absolute atomic E-state index is 13.6. The minimum Gasteiger partial charge on any atom is -0.363 e. The van der Waals surface area contributed by atoms with E-state index in [1.807, 2.05) is 32.0 Å². The number of halogens is 1. The fraction of sp³-hybridized carbons (Fsp3) is 0.286. The molecule has 0 aliphatic rings. The van der Waals surface area contributed by atoms with Crippen LogP contribution >= 0.6 is 0 Å². The number of nitrogens with zero attached hydrogens (tertiary/aromatic N) is 2. The van der Waals surface area contributed by atoms with Crippen LogP contribution in [0.2, 0.25) is 0 Å². The summed E-state index contributed by atoms with van der Waals surface area (Å²) in [6, 6.07) is 8.05. The number of aryl methyl sites for hydroxylation is 1. The summed E-state index contributed by atoms with van der Waals surface area (Å²) < 4.78 is 13.6. The molecule has 0 bridgehead atoms. The maximum Gasteiger partial charge on any atom is 0.224 e. The number of anilines is 2. The zero-order valence-electron chi connectivity index (χ0n) is 11.1. The number of nitrogens with one attached hydrogen (secondary N) is 2. The lowest BCUT2D eigenvalue weighted by atomic mass is 10.1. The van der Waals surface area contributed by atoms with Crippen molar-refractivity contribution in [2.24, 2.45) is 0 Å². The van der Waals surface area contributed by atoms with Crippen LogP contribution < -0.4 is 10.6 Å². The van der Waals surface area contributed by atoms with E-state index in [1.165, 1.54) is 11.8 Å². The van der Waals surface area contributed by atoms with E-state index in [0.29, 0.717) is 19.0 Å². The van der Waals surface area contributed by atoms with Crippen LogP contribution in [0, 0.1) is 12.7 Å². The number of hydrogen-bond donors (Lipinski definition) is 2. The SMILES string of the molecule is CCNc1ncc(F)c(NCc2cccc(C)c2)n1. The van der Waals surface area contributed by atoms with Gasteiger partial charge in [-0.05, 0) is 19.4 Å². The molecule has 0 radical (unpaired) electrons. The van der Waals surface area contributed by atoms with Crippen molar-refractivity contribution in [1.82, 2.24) is 9.97 Å². The van der Waals surface area contributed by atoms with E-state index >= 15 is 0 Å². The molecule has 2 N–H and O–H groups in total. The first kappa shape index (κ1) is 13.3. The Morgan fingerprint density at radius 3 is 2.84 bits per heavy atom. The predicted molar refractivity (Wildman–Crippen MR) is 74.7 cm³/mol. The molecule has 1 aromatic heterocycles. The third kappa shape index (κ3) is 3.64. The van der Waals surface area contributed by atoms with E-state index in [0.717, 1.165) is 5.56 Å². The van der Waals surface area contributed by atoms with Crippen LogP contribution in [0.15, 0.2) is 30.5 Å². The monoisotopic (exact) mass is 260 g/mol. The van der Waals surface area contributed by atoms with Gasteiger partial charge >= 0.3 is 0 Å². The van der Waals surface area contributed by atoms with Crippen molar-refractivity contribution in [2.45, 2.75) is 20.4 Å². The minimum atomic E-state index is -0.450. The Labute approximate surface area is 112 Å². The molecule has 0 aliphatic heterocycles. The summed E-state index contributed by atoms with van der Waals surface area (Å²) in [5.41, 5.74) is 2.26. The first-order valence-electron chi connectivity index (χ1n) is 6.25. The summed E-state index contributed by atoms with van der Waals surface area (Å²) in [6.07, 6.45) is 1.17. The summed E-state index contributed by atoms with van der Waals surface area (Å²) in [5.74, 6) is 0.192. The molecule has 1 heterocycles. The lowest BCUT2D eigenvalue weighted by Crippen LogP contribution is -2.08. The molecule has 0 saturated carbocycles. The summed E-state index contributed by atoms with van der Waals surface area (Å²) >= 11 is 0. The van der Waals surface area contributed by atoms with Gasteiger partial charge in [0, 0.05) is 13.1 Å². The van der Waals surface area contributed by atoms with E-state index < -0.39 is 5.82 Å². The lowest BCUT2D eigenvalue weighted by Gasteiger charge is -2.09. The van der Waals surface area contributed by atoms with Crippen molar-refractivity contribution < 1.29 is 4.39 Å². The van der Waals surface area contributed by atoms with Gasteiger partial charge in [-0.15, -0.1) is 0 Å². The van der Waals surface area contributed by atoms with Crippen molar-refractivity contribution >= 4 is 11.8 Å². The highest BCUT2D eigenvalue weighted by molar-refractivity contribution is 5.41. The van der Waals surface area contributed by atoms with E-state index in [9.17, 15) is 4.39 Å². The fourth-order valence-electron chi connectivity index (χ4n) is 1.74. The standard InChI is InChI=1S/C14H17FN4/c1-3-16-14-18-9-12(15)13(19-14)17-8-11-6-4-5-10(2)7-11/h4-7,9H,3,8H2,1-2H3,(H2,16,17,18,19). The predicted octanol–water partition coefficient (Wildman–Crippen LogP) is 2.97. The summed E-state index contributed by atoms with van der Waals surface area (Å²) in [5, 5.41) is 5.94. The Morgan fingerprint density at radius 2 is 2.11 bits per heavy atom. The molecular weight excluding hydrogens is 243 g/mol. The van der Waals surface area contributed by atoms with Gasteiger partial charge in [-0.3, -0.25) is 0 Å². The molecule has 0 fully saturated rings. The second-order valence-corrected chi connectivity index (χ2v) is 4.26. The van der Waals surface area contributed by atoms with Crippen molar-refractivity contribution in [1.29, 1.82) is 0 Å². The Hall–Kier alpha value is -2.17. The third-order valence-electron chi connectivity index (χ3n) is 2.62. The smallest absolute Gasteiger partial charge is 0.224 e. The summed E-state index contributed by atoms with van der Waals surface area (Å²) in [7, 11) is 0. The molecule has 0 saturated heterocycles.